The molecule has 0 aromatic carbocycles. The van der Waals surface area contributed by atoms with Crippen molar-refractivity contribution in [2.75, 3.05) is 46.6 Å². The van der Waals surface area contributed by atoms with Gasteiger partial charge in [-0.3, -0.25) is 4.90 Å². The van der Waals surface area contributed by atoms with Gasteiger partial charge in [0, 0.05) is 26.2 Å². The lowest BCUT2D eigenvalue weighted by atomic mass is 10.2. The van der Waals surface area contributed by atoms with E-state index in [1.54, 1.807) is 7.11 Å². The normalized spacial score (nSPS) is 17.4. The fourth-order valence-corrected chi connectivity index (χ4v) is 2.30. The van der Waals surface area contributed by atoms with Crippen LogP contribution in [0.2, 0.25) is 0 Å². The largest absolute Gasteiger partial charge is 0.395 e. The maximum atomic E-state index is 9.04. The number of methoxy groups -OCH3 is 1. The van der Waals surface area contributed by atoms with Crippen LogP contribution < -0.4 is 0 Å². The first-order chi connectivity index (χ1) is 7.88. The summed E-state index contributed by atoms with van der Waals surface area (Å²) in [5.74, 6) is 0. The van der Waals surface area contributed by atoms with E-state index in [1.807, 2.05) is 0 Å². The average Bonchev–Trinajstić information content (AvgIpc) is 2.81. The zero-order chi connectivity index (χ0) is 11.6. The first-order valence-electron chi connectivity index (χ1n) is 6.30. The molecule has 0 aromatic heterocycles. The van der Waals surface area contributed by atoms with Crippen molar-refractivity contribution in [3.05, 3.63) is 0 Å². The minimum atomic E-state index is 0.245. The molecular weight excluding hydrogens is 206 g/mol. The fraction of sp³-hybridized carbons (Fsp3) is 1.00. The van der Waals surface area contributed by atoms with Crippen LogP contribution >= 0.6 is 0 Å². The van der Waals surface area contributed by atoms with E-state index in [-0.39, 0.29) is 6.61 Å². The minimum Gasteiger partial charge on any atom is -0.395 e. The molecule has 16 heavy (non-hydrogen) atoms. The van der Waals surface area contributed by atoms with Gasteiger partial charge < -0.3 is 14.6 Å². The number of nitrogens with zero attached hydrogens (tertiary/aromatic N) is 1. The topological polar surface area (TPSA) is 41.9 Å². The molecule has 0 heterocycles. The summed E-state index contributed by atoms with van der Waals surface area (Å²) in [4.78, 5) is 2.36. The van der Waals surface area contributed by atoms with Crippen molar-refractivity contribution in [1.29, 1.82) is 0 Å². The van der Waals surface area contributed by atoms with Crippen molar-refractivity contribution >= 4 is 0 Å². The van der Waals surface area contributed by atoms with E-state index in [0.29, 0.717) is 19.3 Å². The fourth-order valence-electron chi connectivity index (χ4n) is 2.30. The summed E-state index contributed by atoms with van der Waals surface area (Å²) in [7, 11) is 1.68. The van der Waals surface area contributed by atoms with Gasteiger partial charge in [-0.25, -0.2) is 0 Å². The Morgan fingerprint density at radius 3 is 2.50 bits per heavy atom. The van der Waals surface area contributed by atoms with Gasteiger partial charge in [-0.1, -0.05) is 12.8 Å². The summed E-state index contributed by atoms with van der Waals surface area (Å²) in [6.07, 6.45) is 5.21. The Morgan fingerprint density at radius 1 is 1.12 bits per heavy atom. The van der Waals surface area contributed by atoms with E-state index in [0.717, 1.165) is 19.7 Å². The summed E-state index contributed by atoms with van der Waals surface area (Å²) in [5.41, 5.74) is 0. The Bertz CT molecular complexity index is 160. The highest BCUT2D eigenvalue weighted by Crippen LogP contribution is 2.22. The monoisotopic (exact) mass is 231 g/mol. The average molecular weight is 231 g/mol. The molecule has 1 aliphatic carbocycles. The van der Waals surface area contributed by atoms with E-state index in [1.165, 1.54) is 25.7 Å². The van der Waals surface area contributed by atoms with Gasteiger partial charge >= 0.3 is 0 Å². The summed E-state index contributed by atoms with van der Waals surface area (Å²) in [5, 5.41) is 9.04. The molecule has 1 saturated carbocycles. The van der Waals surface area contributed by atoms with Crippen molar-refractivity contribution in [3.63, 3.8) is 0 Å². The number of ether oxygens (including phenoxy) is 2. The SMILES string of the molecule is COCCOCCN(CCO)C1CCCC1. The molecule has 0 unspecified atom stereocenters. The molecule has 1 aliphatic rings. The number of rotatable bonds is 9. The first-order valence-corrected chi connectivity index (χ1v) is 6.30. The van der Waals surface area contributed by atoms with Gasteiger partial charge in [0.2, 0.25) is 0 Å². The summed E-state index contributed by atoms with van der Waals surface area (Å²) in [6, 6.07) is 0.665. The molecule has 0 aliphatic heterocycles. The minimum absolute atomic E-state index is 0.245. The highest BCUT2D eigenvalue weighted by Gasteiger charge is 2.21. The molecule has 0 bridgehead atoms. The van der Waals surface area contributed by atoms with Gasteiger partial charge in [0.15, 0.2) is 0 Å². The predicted molar refractivity (Wildman–Crippen MR) is 63.6 cm³/mol. The zero-order valence-corrected chi connectivity index (χ0v) is 10.4. The summed E-state index contributed by atoms with van der Waals surface area (Å²) < 4.78 is 10.4. The molecule has 0 radical (unpaired) electrons. The molecule has 4 nitrogen and oxygen atoms in total. The highest BCUT2D eigenvalue weighted by molar-refractivity contribution is 4.77. The third kappa shape index (κ3) is 5.25. The number of hydrogen-bond donors (Lipinski definition) is 1. The second-order valence-electron chi connectivity index (χ2n) is 4.30. The van der Waals surface area contributed by atoms with Crippen molar-refractivity contribution in [1.82, 2.24) is 4.90 Å². The Labute approximate surface area is 98.5 Å². The smallest absolute Gasteiger partial charge is 0.0700 e. The van der Waals surface area contributed by atoms with Crippen LogP contribution in [0.1, 0.15) is 25.7 Å². The van der Waals surface area contributed by atoms with E-state index >= 15 is 0 Å². The third-order valence-corrected chi connectivity index (χ3v) is 3.18. The van der Waals surface area contributed by atoms with Crippen LogP contribution in [0.25, 0.3) is 0 Å². The molecule has 1 rings (SSSR count). The lowest BCUT2D eigenvalue weighted by molar-refractivity contribution is 0.0456. The van der Waals surface area contributed by atoms with E-state index in [9.17, 15) is 0 Å². The Balaban J connectivity index is 2.12. The van der Waals surface area contributed by atoms with Crippen molar-refractivity contribution in [3.8, 4) is 0 Å². The van der Waals surface area contributed by atoms with Crippen LogP contribution in [0.3, 0.4) is 0 Å². The summed E-state index contributed by atoms with van der Waals surface area (Å²) >= 11 is 0. The highest BCUT2D eigenvalue weighted by atomic mass is 16.5. The molecule has 1 fully saturated rings. The molecule has 0 saturated heterocycles. The Hall–Kier alpha value is -0.160. The van der Waals surface area contributed by atoms with E-state index < -0.39 is 0 Å². The van der Waals surface area contributed by atoms with Gasteiger partial charge in [-0.2, -0.15) is 0 Å². The van der Waals surface area contributed by atoms with Crippen LogP contribution in [0.15, 0.2) is 0 Å². The maximum absolute atomic E-state index is 9.04. The lowest BCUT2D eigenvalue weighted by Gasteiger charge is -2.27. The molecule has 1 N–H and O–H groups in total. The van der Waals surface area contributed by atoms with Crippen LogP contribution in [-0.2, 0) is 9.47 Å². The Kier molecular flexibility index (Phi) is 7.76. The predicted octanol–water partition coefficient (Wildman–Crippen LogP) is 0.886. The number of aliphatic hydroxyl groups excluding tert-OH is 1. The van der Waals surface area contributed by atoms with E-state index in [2.05, 4.69) is 4.90 Å². The van der Waals surface area contributed by atoms with Gasteiger partial charge in [0.1, 0.15) is 0 Å². The molecule has 0 spiro atoms. The maximum Gasteiger partial charge on any atom is 0.0700 e. The standard InChI is InChI=1S/C12H25NO3/c1-15-10-11-16-9-7-13(6-8-14)12-4-2-3-5-12/h12,14H,2-11H2,1H3. The second-order valence-corrected chi connectivity index (χ2v) is 4.30. The van der Waals surface area contributed by atoms with E-state index in [4.69, 9.17) is 14.6 Å². The van der Waals surface area contributed by atoms with Crippen molar-refractivity contribution in [2.24, 2.45) is 0 Å². The molecule has 0 amide bonds. The second kappa shape index (κ2) is 8.93. The van der Waals surface area contributed by atoms with Crippen molar-refractivity contribution < 1.29 is 14.6 Å². The molecule has 96 valence electrons. The Morgan fingerprint density at radius 2 is 1.88 bits per heavy atom. The van der Waals surface area contributed by atoms with Gasteiger partial charge in [-0.05, 0) is 12.8 Å². The number of aliphatic hydroxyl groups is 1. The lowest BCUT2D eigenvalue weighted by Crippen LogP contribution is -2.38. The van der Waals surface area contributed by atoms with Crippen LogP contribution in [-0.4, -0.2) is 62.7 Å². The summed E-state index contributed by atoms with van der Waals surface area (Å²) in [6.45, 7) is 4.00. The van der Waals surface area contributed by atoms with Crippen LogP contribution in [0.4, 0.5) is 0 Å². The molecule has 0 aromatic rings. The number of hydrogen-bond acceptors (Lipinski definition) is 4. The quantitative estimate of drug-likeness (QED) is 0.598. The van der Waals surface area contributed by atoms with Crippen molar-refractivity contribution in [2.45, 2.75) is 31.7 Å². The first kappa shape index (κ1) is 13.9. The molecule has 0 atom stereocenters. The van der Waals surface area contributed by atoms with Gasteiger partial charge in [-0.15, -0.1) is 0 Å². The zero-order valence-electron chi connectivity index (χ0n) is 10.4. The molecule has 4 heteroatoms. The van der Waals surface area contributed by atoms with Gasteiger partial charge in [0.05, 0.1) is 26.4 Å². The van der Waals surface area contributed by atoms with Crippen LogP contribution in [0.5, 0.6) is 0 Å². The molecular formula is C12H25NO3. The third-order valence-electron chi connectivity index (χ3n) is 3.18. The van der Waals surface area contributed by atoms with Gasteiger partial charge in [0.25, 0.3) is 0 Å². The van der Waals surface area contributed by atoms with Crippen LogP contribution in [0, 0.1) is 0 Å².